The first-order valence-electron chi connectivity index (χ1n) is 7.18. The molecule has 0 fully saturated rings. The highest BCUT2D eigenvalue weighted by atomic mass is 16.5. The third kappa shape index (κ3) is 4.01. The van der Waals surface area contributed by atoms with Crippen LogP contribution in [0.15, 0.2) is 42.5 Å². The summed E-state index contributed by atoms with van der Waals surface area (Å²) in [5, 5.41) is 2.85. The lowest BCUT2D eigenvalue weighted by Crippen LogP contribution is -2.30. The second kappa shape index (κ2) is 6.98. The number of aryl methyl sites for hydroxylation is 2. The highest BCUT2D eigenvalue weighted by Crippen LogP contribution is 2.25. The number of carbonyl (C=O) groups is 1. The van der Waals surface area contributed by atoms with Gasteiger partial charge in [-0.1, -0.05) is 18.2 Å². The summed E-state index contributed by atoms with van der Waals surface area (Å²) >= 11 is 0. The van der Waals surface area contributed by atoms with Crippen molar-refractivity contribution in [1.29, 1.82) is 0 Å². The van der Waals surface area contributed by atoms with E-state index in [1.807, 2.05) is 56.3 Å². The fourth-order valence-electron chi connectivity index (χ4n) is 2.10. The maximum atomic E-state index is 12.3. The van der Waals surface area contributed by atoms with Crippen molar-refractivity contribution in [2.24, 2.45) is 0 Å². The first-order chi connectivity index (χ1) is 10.5. The molecule has 0 aliphatic carbocycles. The molecule has 0 aromatic heterocycles. The van der Waals surface area contributed by atoms with Gasteiger partial charge in [-0.2, -0.15) is 0 Å². The Labute approximate surface area is 131 Å². The number of carbonyl (C=O) groups excluding carboxylic acids is 1. The van der Waals surface area contributed by atoms with Crippen molar-refractivity contribution in [1.82, 2.24) is 0 Å². The summed E-state index contributed by atoms with van der Waals surface area (Å²) in [6.07, 6.45) is -0.605. The molecule has 4 nitrogen and oxygen atoms in total. The highest BCUT2D eigenvalue weighted by Gasteiger charge is 2.16. The van der Waals surface area contributed by atoms with Gasteiger partial charge in [0.05, 0.1) is 12.8 Å². The normalized spacial score (nSPS) is 11.6. The SMILES string of the molecule is COc1ccc(C)cc1NC(=O)[C@@H](C)Oc1cccc(C)c1. The summed E-state index contributed by atoms with van der Waals surface area (Å²) < 4.78 is 10.9. The fourth-order valence-corrected chi connectivity index (χ4v) is 2.10. The minimum absolute atomic E-state index is 0.217. The monoisotopic (exact) mass is 299 g/mol. The maximum absolute atomic E-state index is 12.3. The van der Waals surface area contributed by atoms with Crippen molar-refractivity contribution in [3.8, 4) is 11.5 Å². The van der Waals surface area contributed by atoms with Crippen LogP contribution in [0.25, 0.3) is 0 Å². The summed E-state index contributed by atoms with van der Waals surface area (Å²) in [4.78, 5) is 12.3. The van der Waals surface area contributed by atoms with E-state index in [0.29, 0.717) is 17.2 Å². The smallest absolute Gasteiger partial charge is 0.265 e. The van der Waals surface area contributed by atoms with Gasteiger partial charge in [0.1, 0.15) is 11.5 Å². The largest absolute Gasteiger partial charge is 0.495 e. The molecule has 2 rings (SSSR count). The zero-order chi connectivity index (χ0) is 16.1. The Hall–Kier alpha value is -2.49. The predicted octanol–water partition coefficient (Wildman–Crippen LogP) is 3.72. The van der Waals surface area contributed by atoms with E-state index in [9.17, 15) is 4.79 Å². The second-order valence-electron chi connectivity index (χ2n) is 5.27. The predicted molar refractivity (Wildman–Crippen MR) is 87.6 cm³/mol. The molecule has 0 aliphatic rings. The lowest BCUT2D eigenvalue weighted by molar-refractivity contribution is -0.122. The van der Waals surface area contributed by atoms with Crippen molar-refractivity contribution in [3.63, 3.8) is 0 Å². The Morgan fingerprint density at radius 3 is 2.50 bits per heavy atom. The van der Waals surface area contributed by atoms with Gasteiger partial charge in [-0.05, 0) is 56.2 Å². The molecule has 116 valence electrons. The Balaban J connectivity index is 2.07. The number of ether oxygens (including phenoxy) is 2. The quantitative estimate of drug-likeness (QED) is 0.915. The van der Waals surface area contributed by atoms with Gasteiger partial charge < -0.3 is 14.8 Å². The summed E-state index contributed by atoms with van der Waals surface area (Å²) in [7, 11) is 1.58. The first kappa shape index (κ1) is 15.9. The minimum atomic E-state index is -0.605. The van der Waals surface area contributed by atoms with Crippen LogP contribution < -0.4 is 14.8 Å². The summed E-state index contributed by atoms with van der Waals surface area (Å²) in [6, 6.07) is 13.3. The topological polar surface area (TPSA) is 47.6 Å². The Kier molecular flexibility index (Phi) is 5.04. The maximum Gasteiger partial charge on any atom is 0.265 e. The zero-order valence-corrected chi connectivity index (χ0v) is 13.3. The van der Waals surface area contributed by atoms with Gasteiger partial charge in [-0.15, -0.1) is 0 Å². The molecule has 0 aliphatic heterocycles. The average Bonchev–Trinajstić information content (AvgIpc) is 2.47. The molecule has 0 radical (unpaired) electrons. The fraction of sp³-hybridized carbons (Fsp3) is 0.278. The molecule has 0 heterocycles. The van der Waals surface area contributed by atoms with Gasteiger partial charge in [0.15, 0.2) is 6.10 Å². The molecule has 2 aromatic carbocycles. The molecule has 1 amide bonds. The van der Waals surface area contributed by atoms with Gasteiger partial charge in [0.2, 0.25) is 0 Å². The van der Waals surface area contributed by atoms with E-state index in [1.54, 1.807) is 14.0 Å². The van der Waals surface area contributed by atoms with Gasteiger partial charge in [0, 0.05) is 0 Å². The van der Waals surface area contributed by atoms with Gasteiger partial charge in [-0.25, -0.2) is 0 Å². The van der Waals surface area contributed by atoms with Crippen molar-refractivity contribution in [3.05, 3.63) is 53.6 Å². The number of hydrogen-bond acceptors (Lipinski definition) is 3. The van der Waals surface area contributed by atoms with Crippen LogP contribution in [0.4, 0.5) is 5.69 Å². The summed E-state index contributed by atoms with van der Waals surface area (Å²) in [6.45, 7) is 5.66. The number of anilines is 1. The molecular weight excluding hydrogens is 278 g/mol. The molecule has 0 bridgehead atoms. The molecule has 0 unspecified atom stereocenters. The van der Waals surface area contributed by atoms with E-state index in [-0.39, 0.29) is 5.91 Å². The average molecular weight is 299 g/mol. The number of rotatable bonds is 5. The molecule has 0 saturated carbocycles. The number of methoxy groups -OCH3 is 1. The lowest BCUT2D eigenvalue weighted by Gasteiger charge is -2.16. The standard InChI is InChI=1S/C18H21NO3/c1-12-6-5-7-15(10-12)22-14(3)18(20)19-16-11-13(2)8-9-17(16)21-4/h5-11,14H,1-4H3,(H,19,20)/t14-/m1/s1. The minimum Gasteiger partial charge on any atom is -0.495 e. The van der Waals surface area contributed by atoms with Crippen LogP contribution in [0.2, 0.25) is 0 Å². The molecule has 1 atom stereocenters. The van der Waals surface area contributed by atoms with E-state index in [0.717, 1.165) is 11.1 Å². The van der Waals surface area contributed by atoms with Crippen LogP contribution in [0.3, 0.4) is 0 Å². The first-order valence-corrected chi connectivity index (χ1v) is 7.18. The van der Waals surface area contributed by atoms with Crippen LogP contribution in [0, 0.1) is 13.8 Å². The van der Waals surface area contributed by atoms with Crippen LogP contribution in [-0.4, -0.2) is 19.1 Å². The second-order valence-corrected chi connectivity index (χ2v) is 5.27. The van der Waals surface area contributed by atoms with Gasteiger partial charge in [0.25, 0.3) is 5.91 Å². The Morgan fingerprint density at radius 2 is 1.82 bits per heavy atom. The molecular formula is C18H21NO3. The molecule has 0 spiro atoms. The van der Waals surface area contributed by atoms with Crippen molar-refractivity contribution in [2.75, 3.05) is 12.4 Å². The molecule has 1 N–H and O–H groups in total. The number of hydrogen-bond donors (Lipinski definition) is 1. The van der Waals surface area contributed by atoms with E-state index >= 15 is 0 Å². The molecule has 2 aromatic rings. The highest BCUT2D eigenvalue weighted by molar-refractivity contribution is 5.95. The van der Waals surface area contributed by atoms with E-state index in [1.165, 1.54) is 0 Å². The van der Waals surface area contributed by atoms with Crippen LogP contribution in [0.5, 0.6) is 11.5 Å². The van der Waals surface area contributed by atoms with Gasteiger partial charge in [-0.3, -0.25) is 4.79 Å². The molecule has 0 saturated heterocycles. The van der Waals surface area contributed by atoms with Crippen LogP contribution in [0.1, 0.15) is 18.1 Å². The Bertz CT molecular complexity index is 667. The van der Waals surface area contributed by atoms with E-state index in [4.69, 9.17) is 9.47 Å². The molecule has 4 heteroatoms. The van der Waals surface area contributed by atoms with E-state index < -0.39 is 6.10 Å². The van der Waals surface area contributed by atoms with Crippen molar-refractivity contribution in [2.45, 2.75) is 26.9 Å². The Morgan fingerprint density at radius 1 is 1.09 bits per heavy atom. The zero-order valence-electron chi connectivity index (χ0n) is 13.3. The number of nitrogens with one attached hydrogen (secondary N) is 1. The number of benzene rings is 2. The molecule has 22 heavy (non-hydrogen) atoms. The summed E-state index contributed by atoms with van der Waals surface area (Å²) in [5.41, 5.74) is 2.78. The van der Waals surface area contributed by atoms with Crippen molar-refractivity contribution >= 4 is 11.6 Å². The summed E-state index contributed by atoms with van der Waals surface area (Å²) in [5.74, 6) is 1.09. The van der Waals surface area contributed by atoms with Crippen LogP contribution >= 0.6 is 0 Å². The van der Waals surface area contributed by atoms with Crippen molar-refractivity contribution < 1.29 is 14.3 Å². The van der Waals surface area contributed by atoms with Gasteiger partial charge >= 0.3 is 0 Å². The van der Waals surface area contributed by atoms with Crippen LogP contribution in [-0.2, 0) is 4.79 Å². The third-order valence-electron chi connectivity index (χ3n) is 3.28. The van der Waals surface area contributed by atoms with E-state index in [2.05, 4.69) is 5.32 Å². The third-order valence-corrected chi connectivity index (χ3v) is 3.28. The number of amides is 1. The lowest BCUT2D eigenvalue weighted by atomic mass is 10.2.